The van der Waals surface area contributed by atoms with Crippen molar-refractivity contribution >= 4 is 5.69 Å². The predicted octanol–water partition coefficient (Wildman–Crippen LogP) is 3.66. The van der Waals surface area contributed by atoms with Gasteiger partial charge >= 0.3 is 0 Å². The van der Waals surface area contributed by atoms with E-state index in [0.29, 0.717) is 17.1 Å². The van der Waals surface area contributed by atoms with Crippen molar-refractivity contribution in [1.82, 2.24) is 0 Å². The van der Waals surface area contributed by atoms with Gasteiger partial charge in [-0.1, -0.05) is 0 Å². The maximum Gasteiger partial charge on any atom is 0.168 e. The number of methoxy groups -OCH3 is 1. The fourth-order valence-corrected chi connectivity index (χ4v) is 1.61. The first-order chi connectivity index (χ1) is 9.01. The van der Waals surface area contributed by atoms with Gasteiger partial charge in [0.05, 0.1) is 12.8 Å². The molecule has 19 heavy (non-hydrogen) atoms. The highest BCUT2D eigenvalue weighted by molar-refractivity contribution is 5.56. The zero-order chi connectivity index (χ0) is 14.0. The number of ether oxygens (including phenoxy) is 2. The number of nitrogens with two attached hydrogens (primary N) is 1. The van der Waals surface area contributed by atoms with Gasteiger partial charge in [-0.3, -0.25) is 0 Å². The van der Waals surface area contributed by atoms with Crippen molar-refractivity contribution in [1.29, 1.82) is 0 Å². The Balaban J connectivity index is 2.34. The van der Waals surface area contributed by atoms with Crippen LogP contribution in [-0.2, 0) is 0 Å². The summed E-state index contributed by atoms with van der Waals surface area (Å²) in [6, 6.07) is 6.63. The molecule has 0 atom stereocenters. The van der Waals surface area contributed by atoms with Crippen LogP contribution in [0.2, 0.25) is 0 Å². The second-order valence-electron chi connectivity index (χ2n) is 4.04. The molecule has 2 N–H and O–H groups in total. The highest BCUT2D eigenvalue weighted by atomic mass is 19.1. The lowest BCUT2D eigenvalue weighted by Gasteiger charge is -2.11. The van der Waals surface area contributed by atoms with Crippen molar-refractivity contribution in [3.05, 3.63) is 47.5 Å². The van der Waals surface area contributed by atoms with Gasteiger partial charge in [-0.2, -0.15) is 0 Å². The summed E-state index contributed by atoms with van der Waals surface area (Å²) in [6.45, 7) is 1.60. The number of rotatable bonds is 3. The number of nitrogen functional groups attached to an aromatic ring is 1. The van der Waals surface area contributed by atoms with Crippen molar-refractivity contribution < 1.29 is 18.3 Å². The van der Waals surface area contributed by atoms with Gasteiger partial charge in [0.15, 0.2) is 11.6 Å². The van der Waals surface area contributed by atoms with Crippen LogP contribution in [0.15, 0.2) is 30.3 Å². The average molecular weight is 265 g/mol. The number of hydrogen-bond acceptors (Lipinski definition) is 3. The highest BCUT2D eigenvalue weighted by Crippen LogP contribution is 2.33. The topological polar surface area (TPSA) is 44.5 Å². The molecule has 3 nitrogen and oxygen atoms in total. The minimum absolute atomic E-state index is 0.0305. The summed E-state index contributed by atoms with van der Waals surface area (Å²) in [7, 11) is 1.43. The average Bonchev–Trinajstić information content (AvgIpc) is 2.37. The third kappa shape index (κ3) is 2.76. The molecule has 2 aromatic rings. The molecule has 0 radical (unpaired) electrons. The normalized spacial score (nSPS) is 10.3. The van der Waals surface area contributed by atoms with Crippen LogP contribution in [0.4, 0.5) is 14.5 Å². The molecule has 100 valence electrons. The summed E-state index contributed by atoms with van der Waals surface area (Å²) >= 11 is 0. The number of hydrogen-bond donors (Lipinski definition) is 1. The monoisotopic (exact) mass is 265 g/mol. The Labute approximate surface area is 109 Å². The van der Waals surface area contributed by atoms with Gasteiger partial charge in [-0.25, -0.2) is 8.78 Å². The van der Waals surface area contributed by atoms with Gasteiger partial charge in [-0.05, 0) is 30.7 Å². The van der Waals surface area contributed by atoms with Crippen LogP contribution in [0.1, 0.15) is 5.56 Å². The molecule has 2 aromatic carbocycles. The molecule has 0 bridgehead atoms. The van der Waals surface area contributed by atoms with Crippen LogP contribution in [0, 0.1) is 18.6 Å². The Morgan fingerprint density at radius 2 is 1.74 bits per heavy atom. The van der Waals surface area contributed by atoms with E-state index in [1.54, 1.807) is 6.92 Å². The van der Waals surface area contributed by atoms with Gasteiger partial charge in [0.25, 0.3) is 0 Å². The molecule has 0 amide bonds. The summed E-state index contributed by atoms with van der Waals surface area (Å²) < 4.78 is 37.2. The largest absolute Gasteiger partial charge is 0.494 e. The summed E-state index contributed by atoms with van der Waals surface area (Å²) in [5.74, 6) is -0.333. The molecule has 0 unspecified atom stereocenters. The summed E-state index contributed by atoms with van der Waals surface area (Å²) in [6.07, 6.45) is 0. The maximum atomic E-state index is 13.7. The molecule has 0 aliphatic rings. The first-order valence-corrected chi connectivity index (χ1v) is 5.58. The number of halogens is 2. The van der Waals surface area contributed by atoms with Crippen molar-refractivity contribution in [2.75, 3.05) is 12.8 Å². The molecule has 0 aliphatic carbocycles. The molecule has 0 heterocycles. The quantitative estimate of drug-likeness (QED) is 0.861. The van der Waals surface area contributed by atoms with Crippen molar-refractivity contribution in [2.24, 2.45) is 0 Å². The van der Waals surface area contributed by atoms with E-state index in [0.717, 1.165) is 6.07 Å². The lowest BCUT2D eigenvalue weighted by Crippen LogP contribution is -1.96. The molecule has 0 fully saturated rings. The van der Waals surface area contributed by atoms with E-state index in [4.69, 9.17) is 15.2 Å². The number of aryl methyl sites for hydroxylation is 1. The minimum atomic E-state index is -0.611. The van der Waals surface area contributed by atoms with E-state index in [1.165, 1.54) is 31.4 Å². The molecule has 0 aliphatic heterocycles. The SMILES string of the molecule is COc1cc(Oc2ccc(F)c(C)c2)c(F)cc1N. The van der Waals surface area contributed by atoms with Crippen LogP contribution < -0.4 is 15.2 Å². The van der Waals surface area contributed by atoms with E-state index in [2.05, 4.69) is 0 Å². The van der Waals surface area contributed by atoms with Crippen LogP contribution in [0.3, 0.4) is 0 Å². The smallest absolute Gasteiger partial charge is 0.168 e. The predicted molar refractivity (Wildman–Crippen MR) is 68.6 cm³/mol. The standard InChI is InChI=1S/C14H13F2NO2/c1-8-5-9(3-4-10(8)15)19-13-7-14(18-2)12(17)6-11(13)16/h3-7H,17H2,1-2H3. The Morgan fingerprint density at radius 1 is 1.00 bits per heavy atom. The molecule has 2 rings (SSSR count). The Hall–Kier alpha value is -2.30. The van der Waals surface area contributed by atoms with Crippen molar-refractivity contribution in [3.8, 4) is 17.2 Å². The fraction of sp³-hybridized carbons (Fsp3) is 0.143. The lowest BCUT2D eigenvalue weighted by molar-refractivity contribution is 0.402. The summed E-state index contributed by atoms with van der Waals surface area (Å²) in [5, 5.41) is 0. The van der Waals surface area contributed by atoms with Gasteiger partial charge in [0.1, 0.15) is 17.3 Å². The van der Waals surface area contributed by atoms with E-state index in [1.807, 2.05) is 0 Å². The fourth-order valence-electron chi connectivity index (χ4n) is 1.61. The van der Waals surface area contributed by atoms with Crippen LogP contribution in [0.5, 0.6) is 17.2 Å². The van der Waals surface area contributed by atoms with Crippen molar-refractivity contribution in [3.63, 3.8) is 0 Å². The van der Waals surface area contributed by atoms with E-state index < -0.39 is 5.82 Å². The van der Waals surface area contributed by atoms with E-state index in [9.17, 15) is 8.78 Å². The number of benzene rings is 2. The molecule has 0 spiro atoms. The van der Waals surface area contributed by atoms with Crippen LogP contribution in [-0.4, -0.2) is 7.11 Å². The maximum absolute atomic E-state index is 13.7. The van der Waals surface area contributed by atoms with Crippen molar-refractivity contribution in [2.45, 2.75) is 6.92 Å². The zero-order valence-electron chi connectivity index (χ0n) is 10.5. The van der Waals surface area contributed by atoms with Gasteiger partial charge in [0, 0.05) is 12.1 Å². The highest BCUT2D eigenvalue weighted by Gasteiger charge is 2.11. The molecule has 0 saturated heterocycles. The first-order valence-electron chi connectivity index (χ1n) is 5.58. The molecule has 0 aromatic heterocycles. The molecular formula is C14H13F2NO2. The molecule has 5 heteroatoms. The van der Waals surface area contributed by atoms with Crippen LogP contribution in [0.25, 0.3) is 0 Å². The molecule has 0 saturated carbocycles. The summed E-state index contributed by atoms with van der Waals surface area (Å²) in [4.78, 5) is 0. The van der Waals surface area contributed by atoms with E-state index >= 15 is 0 Å². The van der Waals surface area contributed by atoms with Gasteiger partial charge in [0.2, 0.25) is 0 Å². The third-order valence-corrected chi connectivity index (χ3v) is 2.64. The Morgan fingerprint density at radius 3 is 2.37 bits per heavy atom. The number of anilines is 1. The Kier molecular flexibility index (Phi) is 3.55. The van der Waals surface area contributed by atoms with Gasteiger partial charge in [-0.15, -0.1) is 0 Å². The lowest BCUT2D eigenvalue weighted by atomic mass is 10.2. The zero-order valence-corrected chi connectivity index (χ0v) is 10.5. The third-order valence-electron chi connectivity index (χ3n) is 2.64. The van der Waals surface area contributed by atoms with Gasteiger partial charge < -0.3 is 15.2 Å². The summed E-state index contributed by atoms with van der Waals surface area (Å²) in [5.41, 5.74) is 6.17. The molecular weight excluding hydrogens is 252 g/mol. The Bertz CT molecular complexity index is 615. The second-order valence-corrected chi connectivity index (χ2v) is 4.04. The van der Waals surface area contributed by atoms with Crippen LogP contribution >= 0.6 is 0 Å². The minimum Gasteiger partial charge on any atom is -0.494 e. The first kappa shape index (κ1) is 13.1. The second kappa shape index (κ2) is 5.14. The van der Waals surface area contributed by atoms with E-state index in [-0.39, 0.29) is 17.3 Å².